The van der Waals surface area contributed by atoms with Crippen molar-refractivity contribution in [3.63, 3.8) is 0 Å². The molecule has 0 spiro atoms. The second kappa shape index (κ2) is 10.4. The summed E-state index contributed by atoms with van der Waals surface area (Å²) in [5, 5.41) is 2.49. The summed E-state index contributed by atoms with van der Waals surface area (Å²) < 4.78 is 7.44. The fourth-order valence-corrected chi connectivity index (χ4v) is 6.56. The number of aromatic nitrogens is 1. The van der Waals surface area contributed by atoms with E-state index in [9.17, 15) is 19.2 Å². The van der Waals surface area contributed by atoms with Gasteiger partial charge in [-0.05, 0) is 61.6 Å². The maximum atomic E-state index is 14.4. The van der Waals surface area contributed by atoms with E-state index in [1.807, 2.05) is 47.9 Å². The van der Waals surface area contributed by atoms with Crippen molar-refractivity contribution in [1.29, 1.82) is 0 Å². The van der Waals surface area contributed by atoms with Crippen LogP contribution in [0.5, 0.6) is 5.75 Å². The third-order valence-corrected chi connectivity index (χ3v) is 8.27. The molecule has 2 saturated heterocycles. The second-order valence-electron chi connectivity index (χ2n) is 11.0. The number of fused-ring (bicyclic) bond motifs is 4. The van der Waals surface area contributed by atoms with Gasteiger partial charge in [0, 0.05) is 43.9 Å². The van der Waals surface area contributed by atoms with E-state index in [0.717, 1.165) is 22.6 Å². The van der Waals surface area contributed by atoms with Crippen molar-refractivity contribution in [1.82, 2.24) is 14.8 Å². The minimum atomic E-state index is -1.53. The van der Waals surface area contributed by atoms with Crippen LogP contribution in [-0.2, 0) is 22.6 Å². The van der Waals surface area contributed by atoms with E-state index in [1.165, 1.54) is 0 Å². The van der Waals surface area contributed by atoms with E-state index >= 15 is 0 Å². The Labute approximate surface area is 232 Å². The summed E-state index contributed by atoms with van der Waals surface area (Å²) >= 11 is 0. The summed E-state index contributed by atoms with van der Waals surface area (Å²) in [5.74, 6) is -0.0665. The molecule has 4 amide bonds. The van der Waals surface area contributed by atoms with Crippen LogP contribution < -0.4 is 20.5 Å². The van der Waals surface area contributed by atoms with Crippen LogP contribution in [0.4, 0.5) is 10.5 Å². The zero-order valence-corrected chi connectivity index (χ0v) is 22.4. The molecule has 206 valence electrons. The Morgan fingerprint density at radius 2 is 1.68 bits per heavy atom. The van der Waals surface area contributed by atoms with E-state index in [-0.39, 0.29) is 30.4 Å². The molecule has 6 rings (SSSR count). The van der Waals surface area contributed by atoms with Gasteiger partial charge in [0.15, 0.2) is 0 Å². The number of piperidine rings is 1. The van der Waals surface area contributed by atoms with Crippen LogP contribution in [0.3, 0.4) is 0 Å². The molecule has 0 aliphatic carbocycles. The lowest BCUT2D eigenvalue weighted by Crippen LogP contribution is -2.68. The third-order valence-electron chi connectivity index (χ3n) is 8.27. The maximum Gasteiger partial charge on any atom is 0.335 e. The first-order chi connectivity index (χ1) is 19.4. The van der Waals surface area contributed by atoms with E-state index in [0.29, 0.717) is 37.7 Å². The van der Waals surface area contributed by atoms with Gasteiger partial charge in [-0.2, -0.15) is 0 Å². The number of carbonyl (C=O) groups excluding carboxylic acids is 3. The van der Waals surface area contributed by atoms with Gasteiger partial charge >= 0.3 is 6.03 Å². The summed E-state index contributed by atoms with van der Waals surface area (Å²) in [4.78, 5) is 56.9. The summed E-state index contributed by atoms with van der Waals surface area (Å²) in [6.07, 6.45) is 1.09. The van der Waals surface area contributed by atoms with E-state index in [4.69, 9.17) is 4.74 Å². The van der Waals surface area contributed by atoms with Gasteiger partial charge in [0.25, 0.3) is 11.5 Å². The van der Waals surface area contributed by atoms with Crippen LogP contribution in [0.25, 0.3) is 0 Å². The molecule has 40 heavy (non-hydrogen) atoms. The molecular formula is C31H32N4O5. The highest BCUT2D eigenvalue weighted by Gasteiger charge is 2.55. The minimum absolute atomic E-state index is 0.00599. The first-order valence-corrected chi connectivity index (χ1v) is 13.8. The van der Waals surface area contributed by atoms with Crippen LogP contribution in [0, 0.1) is 11.3 Å². The van der Waals surface area contributed by atoms with Crippen LogP contribution in [0.15, 0.2) is 77.6 Å². The molecule has 3 aliphatic heterocycles. The molecule has 1 aromatic heterocycles. The number of benzene rings is 2. The average molecular weight is 541 g/mol. The number of para-hydroxylation sites is 1. The van der Waals surface area contributed by atoms with E-state index in [1.54, 1.807) is 36.4 Å². The number of hydrogen-bond donors (Lipinski definition) is 1. The zero-order valence-electron chi connectivity index (χ0n) is 22.4. The van der Waals surface area contributed by atoms with Crippen LogP contribution in [0.2, 0.25) is 0 Å². The molecule has 0 saturated carbocycles. The molecule has 0 radical (unpaired) electrons. The van der Waals surface area contributed by atoms with Crippen molar-refractivity contribution in [3.8, 4) is 5.75 Å². The van der Waals surface area contributed by atoms with Crippen molar-refractivity contribution in [2.75, 3.05) is 31.1 Å². The summed E-state index contributed by atoms with van der Waals surface area (Å²) in [6.45, 7) is 4.48. The first-order valence-electron chi connectivity index (χ1n) is 13.8. The van der Waals surface area contributed by atoms with Gasteiger partial charge < -0.3 is 14.2 Å². The monoisotopic (exact) mass is 540 g/mol. The number of nitrogens with one attached hydrogen (secondary N) is 1. The molecule has 9 nitrogen and oxygen atoms in total. The molecule has 3 atom stereocenters. The normalized spacial score (nSPS) is 24.4. The lowest BCUT2D eigenvalue weighted by Gasteiger charge is -2.47. The molecule has 0 unspecified atom stereocenters. The quantitative estimate of drug-likeness (QED) is 0.462. The van der Waals surface area contributed by atoms with Crippen LogP contribution in [-0.4, -0.2) is 53.6 Å². The maximum absolute atomic E-state index is 14.4. The van der Waals surface area contributed by atoms with Gasteiger partial charge in [-0.1, -0.05) is 36.4 Å². The predicted octanol–water partition coefficient (Wildman–Crippen LogP) is 3.18. The number of imide groups is 2. The molecule has 9 heteroatoms. The Hall–Kier alpha value is -4.24. The number of pyridine rings is 1. The highest BCUT2D eigenvalue weighted by molar-refractivity contribution is 6.30. The molecule has 3 aromatic rings. The molecule has 4 heterocycles. The number of barbiturate groups is 1. The Kier molecular flexibility index (Phi) is 6.75. The van der Waals surface area contributed by atoms with Crippen molar-refractivity contribution < 1.29 is 19.1 Å². The minimum Gasteiger partial charge on any atom is -0.494 e. The van der Waals surface area contributed by atoms with Gasteiger partial charge in [-0.25, -0.2) is 9.69 Å². The number of urea groups is 1. The molecular weight excluding hydrogens is 508 g/mol. The van der Waals surface area contributed by atoms with E-state index < -0.39 is 23.3 Å². The van der Waals surface area contributed by atoms with Crippen molar-refractivity contribution in [3.05, 3.63) is 94.4 Å². The Bertz CT molecular complexity index is 1500. The topological polar surface area (TPSA) is 101 Å². The molecule has 2 bridgehead atoms. The lowest BCUT2D eigenvalue weighted by atomic mass is 9.75. The van der Waals surface area contributed by atoms with Crippen molar-refractivity contribution in [2.24, 2.45) is 11.3 Å². The van der Waals surface area contributed by atoms with Gasteiger partial charge in [0.05, 0.1) is 12.3 Å². The zero-order chi connectivity index (χ0) is 27.9. The highest BCUT2D eigenvalue weighted by Crippen LogP contribution is 2.39. The predicted molar refractivity (Wildman–Crippen MR) is 149 cm³/mol. The van der Waals surface area contributed by atoms with Crippen LogP contribution >= 0.6 is 0 Å². The van der Waals surface area contributed by atoms with Gasteiger partial charge in [-0.3, -0.25) is 19.7 Å². The number of likely N-dealkylation sites (tertiary alicyclic amines) is 1. The SMILES string of the molecule is CCOc1ccc(C[C@@]2(CN3C[C@@H]4C[C@H](C3)c3cccc(=O)n3C4)C(=O)NC(=O)N(c3ccccc3)C2=O)cc1. The molecule has 3 aliphatic rings. The number of carbonyl (C=O) groups is 3. The fraction of sp³-hybridized carbons (Fsp3) is 0.355. The second-order valence-corrected chi connectivity index (χ2v) is 11.0. The van der Waals surface area contributed by atoms with Crippen LogP contribution in [0.1, 0.15) is 30.5 Å². The number of hydrogen-bond acceptors (Lipinski definition) is 6. The smallest absolute Gasteiger partial charge is 0.335 e. The third kappa shape index (κ3) is 4.60. The molecule has 2 fully saturated rings. The fourth-order valence-electron chi connectivity index (χ4n) is 6.56. The summed E-state index contributed by atoms with van der Waals surface area (Å²) in [5.41, 5.74) is 0.681. The summed E-state index contributed by atoms with van der Waals surface area (Å²) in [7, 11) is 0. The Morgan fingerprint density at radius 1 is 0.900 bits per heavy atom. The molecule has 1 N–H and O–H groups in total. The van der Waals surface area contributed by atoms with Gasteiger partial charge in [0.2, 0.25) is 5.91 Å². The Balaban J connectivity index is 1.36. The first kappa shape index (κ1) is 26.0. The van der Waals surface area contributed by atoms with Gasteiger partial charge in [-0.15, -0.1) is 0 Å². The number of ether oxygens (including phenoxy) is 1. The van der Waals surface area contributed by atoms with E-state index in [2.05, 4.69) is 10.2 Å². The lowest BCUT2D eigenvalue weighted by molar-refractivity contribution is -0.144. The number of anilines is 1. The van der Waals surface area contributed by atoms with Gasteiger partial charge in [0.1, 0.15) is 11.2 Å². The average Bonchev–Trinajstić information content (AvgIpc) is 2.94. The molecule has 2 aromatic carbocycles. The van der Waals surface area contributed by atoms with Crippen molar-refractivity contribution >= 4 is 23.5 Å². The Morgan fingerprint density at radius 3 is 2.42 bits per heavy atom. The number of rotatable bonds is 7. The number of amides is 4. The highest BCUT2D eigenvalue weighted by atomic mass is 16.5. The number of nitrogens with zero attached hydrogens (tertiary/aromatic N) is 3. The standard InChI is InChI=1S/C31H32N4O5/c1-2-40-25-13-11-21(12-14-25)16-31(28(37)32-30(39)35(29(31)38)24-7-4-3-5-8-24)20-33-17-22-15-23(19-33)26-9-6-10-27(36)34(26)18-22/h3-14,22-23H,2,15-20H2,1H3,(H,32,37,39)/t22-,23+,31+/m0/s1. The van der Waals surface area contributed by atoms with Crippen molar-refractivity contribution in [2.45, 2.75) is 32.2 Å². The largest absolute Gasteiger partial charge is 0.494 e. The summed E-state index contributed by atoms with van der Waals surface area (Å²) in [6, 6.07) is 20.7.